The maximum Gasteiger partial charge on any atom is 0.187 e. The van der Waals surface area contributed by atoms with Crippen molar-refractivity contribution in [1.29, 1.82) is 5.41 Å². The summed E-state index contributed by atoms with van der Waals surface area (Å²) in [6, 6.07) is 13.2. The summed E-state index contributed by atoms with van der Waals surface area (Å²) < 4.78 is 12.5. The van der Waals surface area contributed by atoms with Crippen molar-refractivity contribution < 1.29 is 9.47 Å². The number of rotatable bonds is 4. The second kappa shape index (κ2) is 7.75. The quantitative estimate of drug-likeness (QED) is 0.705. The third kappa shape index (κ3) is 3.43. The summed E-state index contributed by atoms with van der Waals surface area (Å²) in [5.74, 6) is 1.29. The normalized spacial score (nSPS) is 10.1. The molecule has 0 fully saturated rings. The van der Waals surface area contributed by atoms with Gasteiger partial charge in [0.2, 0.25) is 0 Å². The zero-order chi connectivity index (χ0) is 16.4. The van der Waals surface area contributed by atoms with Crippen molar-refractivity contribution in [2.45, 2.75) is 0 Å². The fourth-order valence-electron chi connectivity index (χ4n) is 2.36. The Kier molecular flexibility index (Phi) is 5.94. The minimum Gasteiger partial charge on any atom is -0.493 e. The fraction of sp³-hybridized carbons (Fsp3) is 0.118. The molecule has 0 saturated carbocycles. The number of nitrogens with one attached hydrogen (secondary N) is 1. The molecule has 0 aliphatic carbocycles. The van der Waals surface area contributed by atoms with Crippen molar-refractivity contribution in [3.63, 3.8) is 0 Å². The third-order valence-corrected chi connectivity index (χ3v) is 4.49. The average Bonchev–Trinajstić information content (AvgIpc) is 2.96. The van der Waals surface area contributed by atoms with E-state index in [0.29, 0.717) is 21.3 Å². The molecule has 7 heteroatoms. The van der Waals surface area contributed by atoms with Crippen molar-refractivity contribution in [1.82, 2.24) is 4.57 Å². The van der Waals surface area contributed by atoms with Gasteiger partial charge in [0.05, 0.1) is 25.6 Å². The van der Waals surface area contributed by atoms with Crippen LogP contribution in [0.25, 0.3) is 16.9 Å². The van der Waals surface area contributed by atoms with Crippen LogP contribution in [0.5, 0.6) is 11.5 Å². The van der Waals surface area contributed by atoms with Gasteiger partial charge in [0.25, 0.3) is 0 Å². The first-order chi connectivity index (χ1) is 11.1. The highest BCUT2D eigenvalue weighted by Gasteiger charge is 2.12. The molecule has 0 aliphatic rings. The molecule has 24 heavy (non-hydrogen) atoms. The number of aromatic nitrogens is 1. The largest absolute Gasteiger partial charge is 0.493 e. The summed E-state index contributed by atoms with van der Waals surface area (Å²) in [5, 5.41) is 10.9. The van der Waals surface area contributed by atoms with E-state index in [1.807, 2.05) is 52.4 Å². The SMILES string of the molecule is COc1ccc(-n2c(-c3ccc(Cl)cc3)csc2=N)cc1OC.Cl. The van der Waals surface area contributed by atoms with Gasteiger partial charge in [0.15, 0.2) is 16.3 Å². The van der Waals surface area contributed by atoms with Crippen LogP contribution in [0.1, 0.15) is 0 Å². The van der Waals surface area contributed by atoms with Crippen LogP contribution < -0.4 is 14.3 Å². The van der Waals surface area contributed by atoms with Gasteiger partial charge in [-0.1, -0.05) is 23.7 Å². The summed E-state index contributed by atoms with van der Waals surface area (Å²) in [7, 11) is 3.20. The van der Waals surface area contributed by atoms with Crippen LogP contribution in [0.15, 0.2) is 47.8 Å². The average molecular weight is 383 g/mol. The molecule has 0 spiro atoms. The van der Waals surface area contributed by atoms with E-state index in [1.54, 1.807) is 14.2 Å². The van der Waals surface area contributed by atoms with Gasteiger partial charge >= 0.3 is 0 Å². The van der Waals surface area contributed by atoms with E-state index in [1.165, 1.54) is 11.3 Å². The van der Waals surface area contributed by atoms with Crippen LogP contribution in [0.3, 0.4) is 0 Å². The molecule has 3 aromatic rings. The summed E-state index contributed by atoms with van der Waals surface area (Å²) in [6.07, 6.45) is 0. The second-order valence-corrected chi connectivity index (χ2v) is 6.10. The molecule has 0 amide bonds. The zero-order valence-electron chi connectivity index (χ0n) is 13.1. The van der Waals surface area contributed by atoms with E-state index in [2.05, 4.69) is 0 Å². The monoisotopic (exact) mass is 382 g/mol. The van der Waals surface area contributed by atoms with Crippen LogP contribution in [0, 0.1) is 5.41 Å². The van der Waals surface area contributed by atoms with Gasteiger partial charge in [-0.2, -0.15) is 0 Å². The Morgan fingerprint density at radius 1 is 1.00 bits per heavy atom. The molecule has 2 aromatic carbocycles. The molecule has 1 aromatic heterocycles. The number of benzene rings is 2. The van der Waals surface area contributed by atoms with E-state index < -0.39 is 0 Å². The highest BCUT2D eigenvalue weighted by Crippen LogP contribution is 2.31. The lowest BCUT2D eigenvalue weighted by atomic mass is 10.1. The van der Waals surface area contributed by atoms with Crippen LogP contribution in [0.2, 0.25) is 5.02 Å². The molecule has 4 nitrogen and oxygen atoms in total. The van der Waals surface area contributed by atoms with Crippen LogP contribution >= 0.6 is 35.3 Å². The minimum atomic E-state index is 0. The number of thiazole rings is 1. The fourth-order valence-corrected chi connectivity index (χ4v) is 3.26. The Balaban J connectivity index is 0.00000208. The Hall–Kier alpha value is -1.95. The van der Waals surface area contributed by atoms with Crippen molar-refractivity contribution in [2.75, 3.05) is 14.2 Å². The van der Waals surface area contributed by atoms with E-state index >= 15 is 0 Å². The lowest BCUT2D eigenvalue weighted by Crippen LogP contribution is -2.12. The molecule has 1 N–H and O–H groups in total. The number of nitrogens with zero attached hydrogens (tertiary/aromatic N) is 1. The lowest BCUT2D eigenvalue weighted by Gasteiger charge is -2.12. The number of ether oxygens (including phenoxy) is 2. The smallest absolute Gasteiger partial charge is 0.187 e. The maximum atomic E-state index is 8.23. The first-order valence-corrected chi connectivity index (χ1v) is 8.13. The first kappa shape index (κ1) is 18.4. The Bertz CT molecular complexity index is 888. The summed E-state index contributed by atoms with van der Waals surface area (Å²) in [5.41, 5.74) is 2.78. The molecule has 3 rings (SSSR count). The van der Waals surface area contributed by atoms with Gasteiger partial charge < -0.3 is 9.47 Å². The van der Waals surface area contributed by atoms with E-state index in [0.717, 1.165) is 16.9 Å². The molecule has 0 saturated heterocycles. The molecule has 126 valence electrons. The van der Waals surface area contributed by atoms with Crippen molar-refractivity contribution >= 4 is 35.3 Å². The summed E-state index contributed by atoms with van der Waals surface area (Å²) in [4.78, 5) is 0.433. The summed E-state index contributed by atoms with van der Waals surface area (Å²) >= 11 is 7.34. The van der Waals surface area contributed by atoms with Gasteiger partial charge in [-0.15, -0.1) is 23.7 Å². The lowest BCUT2D eigenvalue weighted by molar-refractivity contribution is 0.355. The zero-order valence-corrected chi connectivity index (χ0v) is 15.5. The van der Waals surface area contributed by atoms with Gasteiger partial charge in [0.1, 0.15) is 0 Å². The summed E-state index contributed by atoms with van der Waals surface area (Å²) in [6.45, 7) is 0. The number of halogens is 2. The highest BCUT2D eigenvalue weighted by atomic mass is 35.5. The maximum absolute atomic E-state index is 8.23. The Morgan fingerprint density at radius 3 is 2.29 bits per heavy atom. The van der Waals surface area contributed by atoms with Crippen LogP contribution in [0.4, 0.5) is 0 Å². The van der Waals surface area contributed by atoms with Gasteiger partial charge in [0, 0.05) is 16.5 Å². The molecular weight excluding hydrogens is 367 g/mol. The molecule has 0 radical (unpaired) electrons. The van der Waals surface area contributed by atoms with E-state index in [-0.39, 0.29) is 12.4 Å². The topological polar surface area (TPSA) is 47.2 Å². The van der Waals surface area contributed by atoms with Crippen LogP contribution in [-0.4, -0.2) is 18.8 Å². The van der Waals surface area contributed by atoms with Gasteiger partial charge in [-0.05, 0) is 29.8 Å². The van der Waals surface area contributed by atoms with Gasteiger partial charge in [-0.3, -0.25) is 9.98 Å². The second-order valence-electron chi connectivity index (χ2n) is 4.81. The first-order valence-electron chi connectivity index (χ1n) is 6.87. The van der Waals surface area contributed by atoms with Crippen molar-refractivity contribution in [2.24, 2.45) is 0 Å². The third-order valence-electron chi connectivity index (χ3n) is 3.49. The minimum absolute atomic E-state index is 0. The molecule has 1 heterocycles. The van der Waals surface area contributed by atoms with E-state index in [9.17, 15) is 0 Å². The molecule has 0 aliphatic heterocycles. The van der Waals surface area contributed by atoms with E-state index in [4.69, 9.17) is 26.5 Å². The number of methoxy groups -OCH3 is 2. The van der Waals surface area contributed by atoms with Crippen molar-refractivity contribution in [3.05, 3.63) is 57.7 Å². The standard InChI is InChI=1S/C17H15ClN2O2S.ClH/c1-21-15-8-7-13(9-16(15)22-2)20-14(10-23-17(20)19)11-3-5-12(18)6-4-11;/h3-10,19H,1-2H3;1H. The number of hydrogen-bond donors (Lipinski definition) is 1. The molecule has 0 unspecified atom stereocenters. The Morgan fingerprint density at radius 2 is 1.67 bits per heavy atom. The van der Waals surface area contributed by atoms with Crippen LogP contribution in [-0.2, 0) is 0 Å². The molecule has 0 atom stereocenters. The van der Waals surface area contributed by atoms with Gasteiger partial charge in [-0.25, -0.2) is 0 Å². The van der Waals surface area contributed by atoms with Crippen molar-refractivity contribution in [3.8, 4) is 28.4 Å². The predicted molar refractivity (Wildman–Crippen MR) is 100 cm³/mol. The predicted octanol–water partition coefficient (Wildman–Crippen LogP) is 4.78. The highest BCUT2D eigenvalue weighted by molar-refractivity contribution is 7.07. The Labute approximate surface area is 155 Å². The molecule has 0 bridgehead atoms. The molecular formula is C17H16Cl2N2O2S. The number of hydrogen-bond acceptors (Lipinski definition) is 4.